The zero-order valence-corrected chi connectivity index (χ0v) is 13.4. The van der Waals surface area contributed by atoms with Gasteiger partial charge in [0.15, 0.2) is 5.82 Å². The summed E-state index contributed by atoms with van der Waals surface area (Å²) in [5.41, 5.74) is 1.41. The quantitative estimate of drug-likeness (QED) is 0.569. The fourth-order valence-electron chi connectivity index (χ4n) is 1.83. The Morgan fingerprint density at radius 2 is 1.95 bits per heavy atom. The molecule has 3 rings (SSSR count). The van der Waals surface area contributed by atoms with Crippen LogP contribution >= 0.6 is 35.4 Å². The Kier molecular flexibility index (Phi) is 4.33. The highest BCUT2D eigenvalue weighted by molar-refractivity contribution is 7.71. The minimum Gasteiger partial charge on any atom is -0.264 e. The van der Waals surface area contributed by atoms with Gasteiger partial charge in [-0.15, -0.1) is 0 Å². The minimum atomic E-state index is 0.360. The summed E-state index contributed by atoms with van der Waals surface area (Å²) in [6.07, 6.45) is 4.91. The van der Waals surface area contributed by atoms with E-state index in [0.29, 0.717) is 26.2 Å². The maximum absolute atomic E-state index is 6.12. The number of pyridine rings is 1. The second kappa shape index (κ2) is 6.39. The van der Waals surface area contributed by atoms with Crippen LogP contribution in [0.25, 0.3) is 11.4 Å². The first-order valence-electron chi connectivity index (χ1n) is 6.23. The number of rotatable bonds is 3. The molecule has 0 aliphatic carbocycles. The topological polar surface area (TPSA) is 58.9 Å². The molecule has 0 saturated heterocycles. The lowest BCUT2D eigenvalue weighted by Crippen LogP contribution is -1.96. The average molecular weight is 350 g/mol. The third-order valence-corrected chi connectivity index (χ3v) is 3.80. The van der Waals surface area contributed by atoms with Crippen molar-refractivity contribution in [3.8, 4) is 11.4 Å². The van der Waals surface area contributed by atoms with Crippen LogP contribution < -0.4 is 0 Å². The third-order valence-electron chi connectivity index (χ3n) is 2.87. The van der Waals surface area contributed by atoms with E-state index in [1.165, 1.54) is 4.68 Å². The molecule has 0 fully saturated rings. The van der Waals surface area contributed by atoms with E-state index < -0.39 is 0 Å². The zero-order valence-electron chi connectivity index (χ0n) is 11.1. The number of hydrogen-bond acceptors (Lipinski definition) is 4. The number of nitrogens with zero attached hydrogens (tertiary/aromatic N) is 4. The molecule has 0 spiro atoms. The van der Waals surface area contributed by atoms with Crippen LogP contribution in [-0.2, 0) is 0 Å². The first-order valence-corrected chi connectivity index (χ1v) is 7.39. The van der Waals surface area contributed by atoms with Crippen LogP contribution in [0.4, 0.5) is 0 Å². The Labute approximate surface area is 141 Å². The Balaban J connectivity index is 2.05. The molecule has 2 aromatic heterocycles. The minimum absolute atomic E-state index is 0.360. The average Bonchev–Trinajstić information content (AvgIpc) is 2.89. The van der Waals surface area contributed by atoms with E-state index in [-0.39, 0.29) is 0 Å². The van der Waals surface area contributed by atoms with Gasteiger partial charge in [0.05, 0.1) is 16.3 Å². The molecule has 0 saturated carbocycles. The summed E-state index contributed by atoms with van der Waals surface area (Å²) in [6.45, 7) is 0. The normalized spacial score (nSPS) is 11.2. The molecule has 110 valence electrons. The fraction of sp³-hybridized carbons (Fsp3) is 0. The van der Waals surface area contributed by atoms with E-state index in [0.717, 1.165) is 5.56 Å². The second-order valence-corrected chi connectivity index (χ2v) is 5.49. The maximum atomic E-state index is 6.12. The van der Waals surface area contributed by atoms with Crippen molar-refractivity contribution < 1.29 is 0 Å². The number of nitrogens with one attached hydrogen (secondary N) is 1. The van der Waals surface area contributed by atoms with Gasteiger partial charge in [-0.05, 0) is 36.5 Å². The summed E-state index contributed by atoms with van der Waals surface area (Å²) in [5.74, 6) is 0.553. The number of H-pyrrole nitrogens is 1. The number of halogens is 2. The zero-order chi connectivity index (χ0) is 15.5. The van der Waals surface area contributed by atoms with Crippen molar-refractivity contribution >= 4 is 41.6 Å². The summed E-state index contributed by atoms with van der Waals surface area (Å²) in [4.78, 5) is 4.06. The summed E-state index contributed by atoms with van der Waals surface area (Å²) in [5, 5.41) is 12.2. The molecule has 0 atom stereocenters. The van der Waals surface area contributed by atoms with Gasteiger partial charge in [-0.1, -0.05) is 29.3 Å². The second-order valence-electron chi connectivity index (χ2n) is 4.29. The fourth-order valence-corrected chi connectivity index (χ4v) is 2.50. The van der Waals surface area contributed by atoms with Crippen LogP contribution in [0.1, 0.15) is 5.56 Å². The Hall–Kier alpha value is -2.02. The molecule has 5 nitrogen and oxygen atoms in total. The standard InChI is InChI=1S/C14H9Cl2N5S/c15-11-4-1-5-12(16)10(11)8-18-21-13(19-20-14(21)22)9-3-2-6-17-7-9/h1-8H,(H,20,22). The summed E-state index contributed by atoms with van der Waals surface area (Å²) in [7, 11) is 0. The van der Waals surface area contributed by atoms with Crippen molar-refractivity contribution in [2.75, 3.05) is 0 Å². The highest BCUT2D eigenvalue weighted by Crippen LogP contribution is 2.22. The molecule has 2 heterocycles. The SMILES string of the molecule is S=c1[nH]nc(-c2cccnc2)n1N=Cc1c(Cl)cccc1Cl. The molecule has 3 aromatic rings. The number of benzene rings is 1. The number of aromatic amines is 1. The van der Waals surface area contributed by atoms with Crippen molar-refractivity contribution in [1.29, 1.82) is 0 Å². The van der Waals surface area contributed by atoms with Gasteiger partial charge in [-0.25, -0.2) is 5.10 Å². The molecule has 0 radical (unpaired) electrons. The smallest absolute Gasteiger partial charge is 0.216 e. The summed E-state index contributed by atoms with van der Waals surface area (Å²) < 4.78 is 1.85. The highest BCUT2D eigenvalue weighted by Gasteiger charge is 2.08. The molecule has 1 aromatic carbocycles. The highest BCUT2D eigenvalue weighted by atomic mass is 35.5. The number of aromatic nitrogens is 4. The van der Waals surface area contributed by atoms with Gasteiger partial charge in [0.25, 0.3) is 0 Å². The lowest BCUT2D eigenvalue weighted by atomic mass is 10.2. The first kappa shape index (κ1) is 14.9. The summed E-state index contributed by atoms with van der Waals surface area (Å²) >= 11 is 17.4. The van der Waals surface area contributed by atoms with E-state index in [9.17, 15) is 0 Å². The van der Waals surface area contributed by atoms with Gasteiger partial charge >= 0.3 is 0 Å². The van der Waals surface area contributed by atoms with E-state index in [4.69, 9.17) is 35.4 Å². The Bertz CT molecular complexity index is 865. The maximum Gasteiger partial charge on any atom is 0.216 e. The lowest BCUT2D eigenvalue weighted by Gasteiger charge is -2.02. The molecule has 0 bridgehead atoms. The van der Waals surface area contributed by atoms with Gasteiger partial charge < -0.3 is 0 Å². The molecule has 0 aliphatic heterocycles. The molecule has 0 amide bonds. The third kappa shape index (κ3) is 2.94. The Morgan fingerprint density at radius 1 is 1.18 bits per heavy atom. The first-order chi connectivity index (χ1) is 10.7. The lowest BCUT2D eigenvalue weighted by molar-refractivity contribution is 0.871. The van der Waals surface area contributed by atoms with Gasteiger partial charge in [0.1, 0.15) is 0 Å². The van der Waals surface area contributed by atoms with E-state index in [1.807, 2.05) is 12.1 Å². The Morgan fingerprint density at radius 3 is 2.64 bits per heavy atom. The van der Waals surface area contributed by atoms with Crippen molar-refractivity contribution in [1.82, 2.24) is 19.9 Å². The van der Waals surface area contributed by atoms with E-state index in [1.54, 1.807) is 36.8 Å². The summed E-state index contributed by atoms with van der Waals surface area (Å²) in [6, 6.07) is 8.93. The van der Waals surface area contributed by atoms with Crippen molar-refractivity contribution in [2.45, 2.75) is 0 Å². The van der Waals surface area contributed by atoms with Crippen LogP contribution in [0.5, 0.6) is 0 Å². The van der Waals surface area contributed by atoms with Crippen LogP contribution in [-0.4, -0.2) is 26.1 Å². The number of hydrogen-bond donors (Lipinski definition) is 1. The van der Waals surface area contributed by atoms with Crippen molar-refractivity contribution in [3.63, 3.8) is 0 Å². The molecule has 0 aliphatic rings. The molecule has 0 unspecified atom stereocenters. The van der Waals surface area contributed by atoms with Crippen LogP contribution in [0.15, 0.2) is 47.8 Å². The van der Waals surface area contributed by atoms with Gasteiger partial charge in [-0.3, -0.25) is 4.98 Å². The monoisotopic (exact) mass is 349 g/mol. The molecule has 8 heteroatoms. The van der Waals surface area contributed by atoms with Crippen molar-refractivity contribution in [2.24, 2.45) is 5.10 Å². The van der Waals surface area contributed by atoms with Crippen molar-refractivity contribution in [3.05, 3.63) is 63.1 Å². The van der Waals surface area contributed by atoms with Gasteiger partial charge in [-0.2, -0.15) is 14.9 Å². The van der Waals surface area contributed by atoms with Crippen LogP contribution in [0.3, 0.4) is 0 Å². The van der Waals surface area contributed by atoms with E-state index >= 15 is 0 Å². The predicted octanol–water partition coefficient (Wildman–Crippen LogP) is 4.19. The van der Waals surface area contributed by atoms with E-state index in [2.05, 4.69) is 20.3 Å². The molecule has 1 N–H and O–H groups in total. The molecular weight excluding hydrogens is 341 g/mol. The molecule has 22 heavy (non-hydrogen) atoms. The largest absolute Gasteiger partial charge is 0.264 e. The van der Waals surface area contributed by atoms with Crippen LogP contribution in [0.2, 0.25) is 10.0 Å². The molecular formula is C14H9Cl2N5S. The van der Waals surface area contributed by atoms with Gasteiger partial charge in [0.2, 0.25) is 4.77 Å². The predicted molar refractivity (Wildman–Crippen MR) is 90.1 cm³/mol. The van der Waals surface area contributed by atoms with Crippen LogP contribution in [0, 0.1) is 4.77 Å². The van der Waals surface area contributed by atoms with Gasteiger partial charge in [0, 0.05) is 23.5 Å².